The Morgan fingerprint density at radius 3 is 2.58 bits per heavy atom. The number of nitrogens with one attached hydrogen (secondary N) is 1. The van der Waals surface area contributed by atoms with E-state index in [1.54, 1.807) is 24.3 Å². The third kappa shape index (κ3) is 3.09. The van der Waals surface area contributed by atoms with Gasteiger partial charge in [-0.1, -0.05) is 17.7 Å². The lowest BCUT2D eigenvalue weighted by Gasteiger charge is -2.18. The van der Waals surface area contributed by atoms with E-state index in [1.165, 1.54) is 6.92 Å². The average molecular weight is 188 g/mol. The van der Waals surface area contributed by atoms with Gasteiger partial charge in [0.25, 0.3) is 0 Å². The van der Waals surface area contributed by atoms with Crippen LogP contribution in [0.15, 0.2) is 24.3 Å². The first kappa shape index (κ1) is 9.32. The zero-order valence-corrected chi connectivity index (χ0v) is 7.34. The zero-order valence-electron chi connectivity index (χ0n) is 6.58. The van der Waals surface area contributed by atoms with Gasteiger partial charge in [-0.15, -0.1) is 0 Å². The fraction of sp³-hybridized carbons (Fsp3) is 0.250. The molecule has 0 aliphatic carbocycles. The summed E-state index contributed by atoms with van der Waals surface area (Å²) in [6, 6.07) is 6.72. The standard InChI is InChI=1S/C8H10ClNO2/c1-8(11,12)10-7-4-2-3-6(9)5-7/h2-5,10-12H,1H3. The zero-order chi connectivity index (χ0) is 9.19. The van der Waals surface area contributed by atoms with Gasteiger partial charge in [-0.2, -0.15) is 0 Å². The summed E-state index contributed by atoms with van der Waals surface area (Å²) in [5, 5.41) is 20.9. The van der Waals surface area contributed by atoms with Gasteiger partial charge in [-0.3, -0.25) is 0 Å². The van der Waals surface area contributed by atoms with Crippen LogP contribution in [0.2, 0.25) is 5.02 Å². The Morgan fingerprint density at radius 1 is 1.42 bits per heavy atom. The van der Waals surface area contributed by atoms with Crippen LogP contribution in [0.4, 0.5) is 5.69 Å². The van der Waals surface area contributed by atoms with Crippen molar-refractivity contribution in [3.8, 4) is 0 Å². The molecule has 4 heteroatoms. The number of rotatable bonds is 2. The van der Waals surface area contributed by atoms with Crippen LogP contribution in [-0.2, 0) is 0 Å². The van der Waals surface area contributed by atoms with Crippen molar-refractivity contribution in [3.05, 3.63) is 29.3 Å². The largest absolute Gasteiger partial charge is 0.349 e. The lowest BCUT2D eigenvalue weighted by atomic mass is 10.3. The van der Waals surface area contributed by atoms with Crippen LogP contribution >= 0.6 is 11.6 Å². The highest BCUT2D eigenvalue weighted by atomic mass is 35.5. The van der Waals surface area contributed by atoms with Crippen molar-refractivity contribution in [2.45, 2.75) is 12.8 Å². The van der Waals surface area contributed by atoms with Crippen molar-refractivity contribution < 1.29 is 10.2 Å². The van der Waals surface area contributed by atoms with Gasteiger partial charge in [0.05, 0.1) is 0 Å². The quantitative estimate of drug-likeness (QED) is 0.614. The van der Waals surface area contributed by atoms with E-state index in [1.807, 2.05) is 0 Å². The number of aliphatic hydroxyl groups is 2. The van der Waals surface area contributed by atoms with Gasteiger partial charge >= 0.3 is 0 Å². The third-order valence-corrected chi connectivity index (χ3v) is 1.44. The van der Waals surface area contributed by atoms with Crippen molar-refractivity contribution in [3.63, 3.8) is 0 Å². The van der Waals surface area contributed by atoms with E-state index in [2.05, 4.69) is 5.32 Å². The topological polar surface area (TPSA) is 52.5 Å². The minimum absolute atomic E-state index is 0.546. The van der Waals surface area contributed by atoms with E-state index < -0.39 is 5.91 Å². The maximum absolute atomic E-state index is 8.96. The van der Waals surface area contributed by atoms with Gasteiger partial charge in [-0.25, -0.2) is 0 Å². The molecule has 66 valence electrons. The Bertz CT molecular complexity index is 270. The molecular formula is C8H10ClNO2. The predicted molar refractivity (Wildman–Crippen MR) is 47.9 cm³/mol. The molecule has 3 N–H and O–H groups in total. The summed E-state index contributed by atoms with van der Waals surface area (Å²) in [5.41, 5.74) is 0.565. The fourth-order valence-electron chi connectivity index (χ4n) is 0.840. The van der Waals surface area contributed by atoms with Crippen molar-refractivity contribution in [2.75, 3.05) is 5.32 Å². The molecule has 0 bridgehead atoms. The molecule has 0 amide bonds. The highest BCUT2D eigenvalue weighted by Gasteiger charge is 2.13. The van der Waals surface area contributed by atoms with E-state index in [4.69, 9.17) is 21.8 Å². The monoisotopic (exact) mass is 187 g/mol. The molecule has 1 rings (SSSR count). The highest BCUT2D eigenvalue weighted by Crippen LogP contribution is 2.16. The Hall–Kier alpha value is -0.770. The van der Waals surface area contributed by atoms with Crippen molar-refractivity contribution in [1.29, 1.82) is 0 Å². The van der Waals surface area contributed by atoms with Crippen LogP contribution in [0.3, 0.4) is 0 Å². The van der Waals surface area contributed by atoms with Crippen molar-refractivity contribution in [2.24, 2.45) is 0 Å². The number of hydrogen-bond acceptors (Lipinski definition) is 3. The molecule has 0 atom stereocenters. The molecule has 0 heterocycles. The molecule has 0 fully saturated rings. The molecule has 0 saturated heterocycles. The van der Waals surface area contributed by atoms with Crippen LogP contribution in [0.1, 0.15) is 6.92 Å². The summed E-state index contributed by atoms with van der Waals surface area (Å²) in [4.78, 5) is 0. The predicted octanol–water partition coefficient (Wildman–Crippen LogP) is 1.41. The molecule has 0 aliphatic rings. The van der Waals surface area contributed by atoms with Gasteiger partial charge in [0, 0.05) is 17.6 Å². The second kappa shape index (κ2) is 3.31. The van der Waals surface area contributed by atoms with Gasteiger partial charge in [-0.05, 0) is 18.2 Å². The SMILES string of the molecule is CC(O)(O)Nc1cccc(Cl)c1. The number of anilines is 1. The highest BCUT2D eigenvalue weighted by molar-refractivity contribution is 6.30. The molecule has 0 aliphatic heterocycles. The first-order valence-electron chi connectivity index (χ1n) is 3.46. The molecule has 1 aromatic rings. The molecular weight excluding hydrogens is 178 g/mol. The van der Waals surface area contributed by atoms with E-state index >= 15 is 0 Å². The smallest absolute Gasteiger partial charge is 0.241 e. The molecule has 12 heavy (non-hydrogen) atoms. The lowest BCUT2D eigenvalue weighted by Crippen LogP contribution is -2.33. The van der Waals surface area contributed by atoms with Gasteiger partial charge in [0.15, 0.2) is 0 Å². The molecule has 0 aromatic heterocycles. The summed E-state index contributed by atoms with van der Waals surface area (Å²) < 4.78 is 0. The van der Waals surface area contributed by atoms with E-state index in [0.29, 0.717) is 10.7 Å². The minimum Gasteiger partial charge on any atom is -0.349 e. The Balaban J connectivity index is 2.77. The minimum atomic E-state index is -1.91. The van der Waals surface area contributed by atoms with E-state index in [-0.39, 0.29) is 0 Å². The lowest BCUT2D eigenvalue weighted by molar-refractivity contribution is -0.118. The van der Waals surface area contributed by atoms with Gasteiger partial charge < -0.3 is 15.5 Å². The number of hydrogen-bond donors (Lipinski definition) is 3. The third-order valence-electron chi connectivity index (χ3n) is 1.21. The molecule has 3 nitrogen and oxygen atoms in total. The van der Waals surface area contributed by atoms with E-state index in [0.717, 1.165) is 0 Å². The van der Waals surface area contributed by atoms with Crippen LogP contribution in [-0.4, -0.2) is 16.1 Å². The van der Waals surface area contributed by atoms with Crippen LogP contribution in [0.25, 0.3) is 0 Å². The van der Waals surface area contributed by atoms with Crippen LogP contribution in [0, 0.1) is 0 Å². The van der Waals surface area contributed by atoms with Crippen LogP contribution in [0.5, 0.6) is 0 Å². The average Bonchev–Trinajstić information content (AvgIpc) is 1.82. The van der Waals surface area contributed by atoms with Crippen molar-refractivity contribution in [1.82, 2.24) is 0 Å². The first-order chi connectivity index (χ1) is 5.47. The fourth-order valence-corrected chi connectivity index (χ4v) is 1.03. The second-order valence-electron chi connectivity index (χ2n) is 2.66. The summed E-state index contributed by atoms with van der Waals surface area (Å²) in [6.45, 7) is 1.23. The van der Waals surface area contributed by atoms with E-state index in [9.17, 15) is 0 Å². The summed E-state index contributed by atoms with van der Waals surface area (Å²) >= 11 is 5.67. The maximum Gasteiger partial charge on any atom is 0.241 e. The Labute approximate surface area is 75.6 Å². The molecule has 0 unspecified atom stereocenters. The number of benzene rings is 1. The molecule has 0 spiro atoms. The number of halogens is 1. The summed E-state index contributed by atoms with van der Waals surface area (Å²) in [6.07, 6.45) is 0. The van der Waals surface area contributed by atoms with Crippen molar-refractivity contribution >= 4 is 17.3 Å². The second-order valence-corrected chi connectivity index (χ2v) is 3.09. The molecule has 1 aromatic carbocycles. The Morgan fingerprint density at radius 2 is 2.08 bits per heavy atom. The Kier molecular flexibility index (Phi) is 2.57. The first-order valence-corrected chi connectivity index (χ1v) is 3.84. The van der Waals surface area contributed by atoms with Gasteiger partial charge in [0.1, 0.15) is 0 Å². The molecule has 0 radical (unpaired) electrons. The van der Waals surface area contributed by atoms with Crippen LogP contribution < -0.4 is 5.32 Å². The summed E-state index contributed by atoms with van der Waals surface area (Å²) in [5.74, 6) is -1.91. The maximum atomic E-state index is 8.96. The molecule has 0 saturated carbocycles. The van der Waals surface area contributed by atoms with Gasteiger partial charge in [0.2, 0.25) is 5.91 Å². The normalized spacial score (nSPS) is 11.3. The summed E-state index contributed by atoms with van der Waals surface area (Å²) in [7, 11) is 0.